The molecule has 2 aromatic heterocycles. The number of nitrogens with zero attached hydrogens (tertiary/aromatic N) is 2. The van der Waals surface area contributed by atoms with E-state index in [2.05, 4.69) is 10.3 Å². The van der Waals surface area contributed by atoms with Crippen molar-refractivity contribution in [2.24, 2.45) is 5.92 Å². The highest BCUT2D eigenvalue weighted by atomic mass is 19.1. The van der Waals surface area contributed by atoms with Gasteiger partial charge in [-0.1, -0.05) is 31.0 Å². The van der Waals surface area contributed by atoms with Crippen LogP contribution in [-0.2, 0) is 11.2 Å². The minimum atomic E-state index is -0.254. The van der Waals surface area contributed by atoms with Crippen molar-refractivity contribution in [2.45, 2.75) is 45.1 Å². The van der Waals surface area contributed by atoms with E-state index >= 15 is 0 Å². The van der Waals surface area contributed by atoms with Gasteiger partial charge in [0, 0.05) is 12.4 Å². The lowest BCUT2D eigenvalue weighted by molar-refractivity contribution is -0.121. The highest BCUT2D eigenvalue weighted by Crippen LogP contribution is 2.35. The summed E-state index contributed by atoms with van der Waals surface area (Å²) in [4.78, 5) is 17.3. The lowest BCUT2D eigenvalue weighted by Crippen LogP contribution is -2.33. The average Bonchev–Trinajstić information content (AvgIpc) is 3.31. The lowest BCUT2D eigenvalue weighted by atomic mass is 9.91. The quantitative estimate of drug-likeness (QED) is 0.730. The van der Waals surface area contributed by atoms with Crippen LogP contribution in [0.25, 0.3) is 5.65 Å². The Labute approximate surface area is 158 Å². The van der Waals surface area contributed by atoms with Gasteiger partial charge in [-0.25, -0.2) is 9.37 Å². The van der Waals surface area contributed by atoms with Crippen LogP contribution in [0, 0.1) is 18.7 Å². The zero-order valence-corrected chi connectivity index (χ0v) is 15.5. The number of aromatic nitrogens is 2. The highest BCUT2D eigenvalue weighted by molar-refractivity contribution is 5.79. The van der Waals surface area contributed by atoms with Crippen LogP contribution in [0.1, 0.15) is 48.5 Å². The van der Waals surface area contributed by atoms with Crippen LogP contribution in [0.15, 0.2) is 48.8 Å². The van der Waals surface area contributed by atoms with Gasteiger partial charge in [0.25, 0.3) is 0 Å². The first-order valence-corrected chi connectivity index (χ1v) is 9.58. The molecule has 0 saturated heterocycles. The van der Waals surface area contributed by atoms with Crippen molar-refractivity contribution in [1.29, 1.82) is 0 Å². The molecule has 3 aromatic rings. The van der Waals surface area contributed by atoms with Crippen molar-refractivity contribution in [1.82, 2.24) is 14.7 Å². The largest absolute Gasteiger partial charge is 0.349 e. The normalized spacial score (nSPS) is 15.9. The average molecular weight is 365 g/mol. The Balaban J connectivity index is 1.52. The summed E-state index contributed by atoms with van der Waals surface area (Å²) in [5.41, 5.74) is 3.69. The number of imidazole rings is 1. The van der Waals surface area contributed by atoms with E-state index < -0.39 is 0 Å². The molecule has 140 valence electrons. The standard InChI is InChI=1S/C22H24FN3O/c1-15-5-4-12-26-14-19(24-22(15)26)13-20(27)25-21(16-6-2-3-7-16)17-8-10-18(23)11-9-17/h4-5,8-12,14,16,21H,2-3,6-7,13H2,1H3,(H,25,27). The second-order valence-electron chi connectivity index (χ2n) is 7.47. The number of hydrogen-bond acceptors (Lipinski definition) is 2. The van der Waals surface area contributed by atoms with Gasteiger partial charge < -0.3 is 9.72 Å². The van der Waals surface area contributed by atoms with Gasteiger partial charge in [-0.05, 0) is 55.0 Å². The predicted octanol–water partition coefficient (Wildman–Crippen LogP) is 4.37. The summed E-state index contributed by atoms with van der Waals surface area (Å²) in [6.07, 6.45) is 8.64. The second-order valence-corrected chi connectivity index (χ2v) is 7.47. The molecule has 1 saturated carbocycles. The first kappa shape index (κ1) is 17.7. The lowest BCUT2D eigenvalue weighted by Gasteiger charge is -2.25. The van der Waals surface area contributed by atoms with Crippen molar-refractivity contribution in [2.75, 3.05) is 0 Å². The van der Waals surface area contributed by atoms with E-state index in [0.717, 1.165) is 35.3 Å². The van der Waals surface area contributed by atoms with E-state index in [1.54, 1.807) is 12.1 Å². The second kappa shape index (κ2) is 7.51. The fourth-order valence-corrected chi connectivity index (χ4v) is 4.11. The number of fused-ring (bicyclic) bond motifs is 1. The van der Waals surface area contributed by atoms with Crippen molar-refractivity contribution in [3.8, 4) is 0 Å². The summed E-state index contributed by atoms with van der Waals surface area (Å²) in [5, 5.41) is 3.19. The molecule has 1 amide bonds. The molecule has 1 unspecified atom stereocenters. The highest BCUT2D eigenvalue weighted by Gasteiger charge is 2.28. The maximum atomic E-state index is 13.3. The van der Waals surface area contributed by atoms with Gasteiger partial charge in [0.15, 0.2) is 0 Å². The first-order valence-electron chi connectivity index (χ1n) is 9.58. The molecule has 0 spiro atoms. The zero-order chi connectivity index (χ0) is 18.8. The van der Waals surface area contributed by atoms with Crippen LogP contribution < -0.4 is 5.32 Å². The molecule has 4 rings (SSSR count). The topological polar surface area (TPSA) is 46.4 Å². The number of hydrogen-bond donors (Lipinski definition) is 1. The van der Waals surface area contributed by atoms with Gasteiger partial charge in [0.2, 0.25) is 5.91 Å². The van der Waals surface area contributed by atoms with Crippen molar-refractivity contribution >= 4 is 11.6 Å². The van der Waals surface area contributed by atoms with E-state index in [0.29, 0.717) is 5.92 Å². The Hall–Kier alpha value is -2.69. The number of halogens is 1. The number of carbonyl (C=O) groups excluding carboxylic acids is 1. The SMILES string of the molecule is Cc1cccn2cc(CC(=O)NC(c3ccc(F)cc3)C3CCCC3)nc12. The van der Waals surface area contributed by atoms with E-state index in [4.69, 9.17) is 0 Å². The maximum absolute atomic E-state index is 13.3. The molecule has 27 heavy (non-hydrogen) atoms. The van der Waals surface area contributed by atoms with E-state index in [-0.39, 0.29) is 24.2 Å². The summed E-state index contributed by atoms with van der Waals surface area (Å²) in [7, 11) is 0. The first-order chi connectivity index (χ1) is 13.1. The summed E-state index contributed by atoms with van der Waals surface area (Å²) >= 11 is 0. The van der Waals surface area contributed by atoms with E-state index in [1.807, 2.05) is 35.9 Å². The molecule has 0 radical (unpaired) electrons. The zero-order valence-electron chi connectivity index (χ0n) is 15.5. The molecule has 1 atom stereocenters. The maximum Gasteiger partial charge on any atom is 0.226 e. The molecule has 0 bridgehead atoms. The molecule has 1 aliphatic carbocycles. The van der Waals surface area contributed by atoms with Gasteiger partial charge in [-0.3, -0.25) is 4.79 Å². The third-order valence-electron chi connectivity index (χ3n) is 5.49. The van der Waals surface area contributed by atoms with Crippen LogP contribution in [-0.4, -0.2) is 15.3 Å². The summed E-state index contributed by atoms with van der Waals surface area (Å²) in [5.74, 6) is 0.107. The van der Waals surface area contributed by atoms with Crippen LogP contribution in [0.2, 0.25) is 0 Å². The van der Waals surface area contributed by atoms with Crippen LogP contribution >= 0.6 is 0 Å². The molecular formula is C22H24FN3O. The number of nitrogens with one attached hydrogen (secondary N) is 1. The fraction of sp³-hybridized carbons (Fsp3) is 0.364. The Bertz CT molecular complexity index is 942. The number of aryl methyl sites for hydroxylation is 1. The van der Waals surface area contributed by atoms with Gasteiger partial charge in [-0.2, -0.15) is 0 Å². The third-order valence-corrected chi connectivity index (χ3v) is 5.49. The molecule has 2 heterocycles. The molecule has 1 aromatic carbocycles. The molecule has 0 aliphatic heterocycles. The predicted molar refractivity (Wildman–Crippen MR) is 103 cm³/mol. The minimum Gasteiger partial charge on any atom is -0.349 e. The van der Waals surface area contributed by atoms with Crippen molar-refractivity contribution < 1.29 is 9.18 Å². The molecule has 1 fully saturated rings. The van der Waals surface area contributed by atoms with Gasteiger partial charge >= 0.3 is 0 Å². The van der Waals surface area contributed by atoms with Gasteiger partial charge in [-0.15, -0.1) is 0 Å². The van der Waals surface area contributed by atoms with Gasteiger partial charge in [0.1, 0.15) is 11.5 Å². The smallest absolute Gasteiger partial charge is 0.226 e. The molecule has 5 heteroatoms. The van der Waals surface area contributed by atoms with E-state index in [9.17, 15) is 9.18 Å². The number of carbonyl (C=O) groups is 1. The number of pyridine rings is 1. The van der Waals surface area contributed by atoms with Gasteiger partial charge in [0.05, 0.1) is 18.2 Å². The van der Waals surface area contributed by atoms with E-state index in [1.165, 1.54) is 25.0 Å². The molecule has 1 N–H and O–H groups in total. The third kappa shape index (κ3) is 3.87. The molecule has 1 aliphatic rings. The number of benzene rings is 1. The monoisotopic (exact) mass is 365 g/mol. The Morgan fingerprint density at radius 2 is 2.00 bits per heavy atom. The Morgan fingerprint density at radius 3 is 2.70 bits per heavy atom. The minimum absolute atomic E-state index is 0.0442. The molecular weight excluding hydrogens is 341 g/mol. The van der Waals surface area contributed by atoms with Crippen LogP contribution in [0.4, 0.5) is 4.39 Å². The summed E-state index contributed by atoms with van der Waals surface area (Å²) in [6.45, 7) is 2.01. The van der Waals surface area contributed by atoms with Crippen molar-refractivity contribution in [3.63, 3.8) is 0 Å². The summed E-state index contributed by atoms with van der Waals surface area (Å²) in [6, 6.07) is 10.4. The Morgan fingerprint density at radius 1 is 1.26 bits per heavy atom. The van der Waals surface area contributed by atoms with Crippen molar-refractivity contribution in [3.05, 3.63) is 71.4 Å². The Kier molecular flexibility index (Phi) is 4.92. The fourth-order valence-electron chi connectivity index (χ4n) is 4.11. The van der Waals surface area contributed by atoms with Crippen LogP contribution in [0.3, 0.4) is 0 Å². The number of amides is 1. The number of rotatable bonds is 5. The molecule has 4 nitrogen and oxygen atoms in total. The van der Waals surface area contributed by atoms with Crippen LogP contribution in [0.5, 0.6) is 0 Å². The summed E-state index contributed by atoms with van der Waals surface area (Å²) < 4.78 is 15.3.